The first-order valence-electron chi connectivity index (χ1n) is 5.34. The number of hydrogen-bond donors (Lipinski definition) is 1. The van der Waals surface area contributed by atoms with Crippen molar-refractivity contribution in [2.45, 2.75) is 18.7 Å². The van der Waals surface area contributed by atoms with Crippen LogP contribution in [0.4, 0.5) is 13.2 Å². The zero-order valence-electron chi connectivity index (χ0n) is 10.7. The summed E-state index contributed by atoms with van der Waals surface area (Å²) in [7, 11) is 2.81. The number of rotatable bonds is 5. The van der Waals surface area contributed by atoms with Gasteiger partial charge in [-0.25, -0.2) is 0 Å². The van der Waals surface area contributed by atoms with Gasteiger partial charge in [-0.3, -0.25) is 0 Å². The third-order valence-corrected chi connectivity index (χ3v) is 2.46. The molecule has 1 aromatic carbocycles. The van der Waals surface area contributed by atoms with Gasteiger partial charge >= 0.3 is 6.18 Å². The van der Waals surface area contributed by atoms with E-state index in [0.717, 1.165) is 0 Å². The predicted molar refractivity (Wildman–Crippen MR) is 61.7 cm³/mol. The Bertz CT molecular complexity index is 407. The van der Waals surface area contributed by atoms with Gasteiger partial charge in [-0.05, 0) is 6.92 Å². The number of benzene rings is 1. The van der Waals surface area contributed by atoms with Crippen LogP contribution in [0, 0.1) is 0 Å². The highest BCUT2D eigenvalue weighted by Gasteiger charge is 2.50. The standard InChI is InChI=1S/C12H15F3O4/c1-11(16,12(13,14)15)7-19-10-5-8(17-2)4-9(6-10)18-3/h4-6,16H,7H2,1-3H3. The van der Waals surface area contributed by atoms with E-state index in [1.165, 1.54) is 26.4 Å². The molecule has 0 saturated carbocycles. The smallest absolute Gasteiger partial charge is 0.420 e. The summed E-state index contributed by atoms with van der Waals surface area (Å²) in [6.07, 6.45) is -4.77. The fraction of sp³-hybridized carbons (Fsp3) is 0.500. The van der Waals surface area contributed by atoms with E-state index in [1.54, 1.807) is 6.07 Å². The molecule has 0 bridgehead atoms. The van der Waals surface area contributed by atoms with Crippen LogP contribution in [0.5, 0.6) is 17.2 Å². The molecule has 1 atom stereocenters. The van der Waals surface area contributed by atoms with Crippen LogP contribution in [0.3, 0.4) is 0 Å². The molecule has 1 rings (SSSR count). The average Bonchev–Trinajstić information content (AvgIpc) is 2.34. The van der Waals surface area contributed by atoms with Crippen LogP contribution in [-0.4, -0.2) is 37.7 Å². The minimum atomic E-state index is -4.77. The van der Waals surface area contributed by atoms with Crippen molar-refractivity contribution >= 4 is 0 Å². The van der Waals surface area contributed by atoms with Crippen LogP contribution in [0.2, 0.25) is 0 Å². The predicted octanol–water partition coefficient (Wildman–Crippen LogP) is 2.40. The van der Waals surface area contributed by atoms with E-state index >= 15 is 0 Å². The van der Waals surface area contributed by atoms with E-state index in [2.05, 4.69) is 0 Å². The summed E-state index contributed by atoms with van der Waals surface area (Å²) < 4.78 is 52.2. The minimum absolute atomic E-state index is 0.112. The highest BCUT2D eigenvalue weighted by molar-refractivity contribution is 5.42. The van der Waals surface area contributed by atoms with Crippen molar-refractivity contribution in [1.82, 2.24) is 0 Å². The van der Waals surface area contributed by atoms with Crippen LogP contribution < -0.4 is 14.2 Å². The SMILES string of the molecule is COc1cc(OC)cc(OCC(C)(O)C(F)(F)F)c1. The first-order valence-corrected chi connectivity index (χ1v) is 5.34. The molecule has 1 aromatic rings. The molecule has 108 valence electrons. The summed E-state index contributed by atoms with van der Waals surface area (Å²) in [5.74, 6) is 0.864. The molecule has 0 spiro atoms. The molecule has 0 amide bonds. The molecule has 1 N–H and O–H groups in total. The number of methoxy groups -OCH3 is 2. The Balaban J connectivity index is 2.83. The Hall–Kier alpha value is -1.63. The lowest BCUT2D eigenvalue weighted by atomic mass is 10.1. The van der Waals surface area contributed by atoms with Gasteiger partial charge in [0.25, 0.3) is 0 Å². The van der Waals surface area contributed by atoms with Gasteiger partial charge < -0.3 is 19.3 Å². The molecule has 7 heteroatoms. The fourth-order valence-electron chi connectivity index (χ4n) is 1.17. The molecule has 0 aromatic heterocycles. The molecule has 1 unspecified atom stereocenters. The summed E-state index contributed by atoms with van der Waals surface area (Å²) in [6, 6.07) is 4.35. The highest BCUT2D eigenvalue weighted by Crippen LogP contribution is 2.32. The summed E-state index contributed by atoms with van der Waals surface area (Å²) in [5.41, 5.74) is -2.93. The zero-order chi connectivity index (χ0) is 14.7. The van der Waals surface area contributed by atoms with Gasteiger partial charge in [-0.15, -0.1) is 0 Å². The second-order valence-electron chi connectivity index (χ2n) is 4.11. The fourth-order valence-corrected chi connectivity index (χ4v) is 1.17. The van der Waals surface area contributed by atoms with Gasteiger partial charge in [0.1, 0.15) is 23.9 Å². The lowest BCUT2D eigenvalue weighted by Crippen LogP contribution is -2.47. The van der Waals surface area contributed by atoms with E-state index in [0.29, 0.717) is 18.4 Å². The third-order valence-electron chi connectivity index (χ3n) is 2.46. The molecule has 19 heavy (non-hydrogen) atoms. The Morgan fingerprint density at radius 1 is 1.00 bits per heavy atom. The largest absolute Gasteiger partial charge is 0.496 e. The summed E-state index contributed by atoms with van der Waals surface area (Å²) in [4.78, 5) is 0. The third kappa shape index (κ3) is 3.92. The van der Waals surface area contributed by atoms with Gasteiger partial charge in [0.15, 0.2) is 5.60 Å². The first-order chi connectivity index (χ1) is 8.69. The maximum atomic E-state index is 12.4. The number of ether oxygens (including phenoxy) is 3. The van der Waals surface area contributed by atoms with Gasteiger partial charge in [0.05, 0.1) is 14.2 Å². The van der Waals surface area contributed by atoms with Crippen LogP contribution in [0.1, 0.15) is 6.92 Å². The molecule has 0 radical (unpaired) electrons. The van der Waals surface area contributed by atoms with Gasteiger partial charge in [0, 0.05) is 18.2 Å². The highest BCUT2D eigenvalue weighted by atomic mass is 19.4. The first kappa shape index (κ1) is 15.4. The number of hydrogen-bond acceptors (Lipinski definition) is 4. The molecule has 0 aliphatic rings. The van der Waals surface area contributed by atoms with Crippen LogP contribution >= 0.6 is 0 Å². The molecule has 0 heterocycles. The van der Waals surface area contributed by atoms with Crippen molar-refractivity contribution in [3.63, 3.8) is 0 Å². The van der Waals surface area contributed by atoms with Crippen LogP contribution in [-0.2, 0) is 0 Å². The number of halogens is 3. The van der Waals surface area contributed by atoms with Crippen LogP contribution in [0.25, 0.3) is 0 Å². The topological polar surface area (TPSA) is 47.9 Å². The van der Waals surface area contributed by atoms with E-state index in [9.17, 15) is 18.3 Å². The second kappa shape index (κ2) is 5.56. The maximum absolute atomic E-state index is 12.4. The van der Waals surface area contributed by atoms with Crippen molar-refractivity contribution in [3.05, 3.63) is 18.2 Å². The Morgan fingerprint density at radius 2 is 1.42 bits per heavy atom. The lowest BCUT2D eigenvalue weighted by molar-refractivity contribution is -0.260. The summed E-state index contributed by atoms with van der Waals surface area (Å²) >= 11 is 0. The van der Waals surface area contributed by atoms with Crippen molar-refractivity contribution in [2.24, 2.45) is 0 Å². The van der Waals surface area contributed by atoms with Crippen molar-refractivity contribution in [2.75, 3.05) is 20.8 Å². The monoisotopic (exact) mass is 280 g/mol. The number of alkyl halides is 3. The molecule has 4 nitrogen and oxygen atoms in total. The van der Waals surface area contributed by atoms with Gasteiger partial charge in [-0.1, -0.05) is 0 Å². The molecular weight excluding hydrogens is 265 g/mol. The van der Waals surface area contributed by atoms with Gasteiger partial charge in [-0.2, -0.15) is 13.2 Å². The Morgan fingerprint density at radius 3 is 1.79 bits per heavy atom. The van der Waals surface area contributed by atoms with Crippen molar-refractivity contribution in [3.8, 4) is 17.2 Å². The molecule has 0 saturated heterocycles. The number of aliphatic hydroxyl groups is 1. The normalized spacial score (nSPS) is 14.7. The van der Waals surface area contributed by atoms with Crippen molar-refractivity contribution < 1.29 is 32.5 Å². The van der Waals surface area contributed by atoms with Crippen molar-refractivity contribution in [1.29, 1.82) is 0 Å². The Kier molecular flexibility index (Phi) is 4.52. The zero-order valence-corrected chi connectivity index (χ0v) is 10.7. The lowest BCUT2D eigenvalue weighted by Gasteiger charge is -2.26. The van der Waals surface area contributed by atoms with E-state index in [1.807, 2.05) is 0 Å². The van der Waals surface area contributed by atoms with Gasteiger partial charge in [0.2, 0.25) is 0 Å². The van der Waals surface area contributed by atoms with E-state index in [-0.39, 0.29) is 5.75 Å². The van der Waals surface area contributed by atoms with E-state index in [4.69, 9.17) is 14.2 Å². The molecule has 0 fully saturated rings. The van der Waals surface area contributed by atoms with E-state index < -0.39 is 18.4 Å². The molecular formula is C12H15F3O4. The maximum Gasteiger partial charge on any atom is 0.420 e. The minimum Gasteiger partial charge on any atom is -0.496 e. The summed E-state index contributed by atoms with van der Waals surface area (Å²) in [6.45, 7) is -0.281. The average molecular weight is 280 g/mol. The Labute approximate surface area is 108 Å². The van der Waals surface area contributed by atoms with Crippen LogP contribution in [0.15, 0.2) is 18.2 Å². The second-order valence-corrected chi connectivity index (χ2v) is 4.11. The summed E-state index contributed by atoms with van der Waals surface area (Å²) in [5, 5.41) is 9.25. The quantitative estimate of drug-likeness (QED) is 0.899. The molecule has 0 aliphatic carbocycles. The molecule has 0 aliphatic heterocycles.